The summed E-state index contributed by atoms with van der Waals surface area (Å²) in [6.07, 6.45) is -0.375. The lowest BCUT2D eigenvalue weighted by Crippen LogP contribution is -2.36. The lowest BCUT2D eigenvalue weighted by Gasteiger charge is -2.23. The number of hydrogen-bond donors (Lipinski definition) is 1. The van der Waals surface area contributed by atoms with Gasteiger partial charge >= 0.3 is 0 Å². The van der Waals surface area contributed by atoms with Crippen LogP contribution in [0, 0.1) is 0 Å². The van der Waals surface area contributed by atoms with Gasteiger partial charge in [-0.3, -0.25) is 0 Å². The van der Waals surface area contributed by atoms with Gasteiger partial charge in [0.1, 0.15) is 22.8 Å². The van der Waals surface area contributed by atoms with Crippen LogP contribution in [-0.4, -0.2) is 11.7 Å². The van der Waals surface area contributed by atoms with Crippen LogP contribution in [0.25, 0.3) is 43.8 Å². The molecule has 1 aliphatic rings. The summed E-state index contributed by atoms with van der Waals surface area (Å²) >= 11 is 0. The largest absolute Gasteiger partial charge is 0.456 e. The first-order valence-electron chi connectivity index (χ1n) is 13.8. The van der Waals surface area contributed by atoms with Gasteiger partial charge < -0.3 is 9.73 Å². The van der Waals surface area contributed by atoms with Gasteiger partial charge in [0.15, 0.2) is 6.17 Å². The Bertz CT molecular complexity index is 2120. The Labute approximate surface area is 237 Å². The summed E-state index contributed by atoms with van der Waals surface area (Å²) in [6.45, 7) is 0. The second-order valence-corrected chi connectivity index (χ2v) is 10.3. The van der Waals surface area contributed by atoms with Gasteiger partial charge in [-0.05, 0) is 51.7 Å². The van der Waals surface area contributed by atoms with Crippen molar-refractivity contribution in [2.75, 3.05) is 0 Å². The molecule has 4 nitrogen and oxygen atoms in total. The Hall–Kier alpha value is -5.48. The summed E-state index contributed by atoms with van der Waals surface area (Å²) in [5, 5.41) is 8.12. The Balaban J connectivity index is 1.37. The first-order chi connectivity index (χ1) is 20.3. The summed E-state index contributed by atoms with van der Waals surface area (Å²) < 4.78 is 6.44. The third kappa shape index (κ3) is 4.17. The van der Waals surface area contributed by atoms with E-state index in [-0.39, 0.29) is 6.17 Å². The summed E-state index contributed by atoms with van der Waals surface area (Å²) in [4.78, 5) is 10.2. The number of aliphatic imine (C=N–C) groups is 2. The number of nitrogens with one attached hydrogen (secondary N) is 1. The highest BCUT2D eigenvalue weighted by atomic mass is 16.3. The van der Waals surface area contributed by atoms with Gasteiger partial charge in [-0.1, -0.05) is 115 Å². The molecule has 0 saturated heterocycles. The standard InChI is InChI=1S/C37H25N3O/c1-3-12-25(13-4-1)35-38-36(26-14-5-2-6-15-26)40-37(39-35)31-22-29(28-20-19-24-11-7-8-16-27(24)21-28)23-33-34(31)30-17-9-10-18-32(30)41-33/h1-23,35H,(H,38,39,40). The molecule has 194 valence electrons. The van der Waals surface area contributed by atoms with Crippen LogP contribution in [0.2, 0.25) is 0 Å². The van der Waals surface area contributed by atoms with E-state index in [0.29, 0.717) is 0 Å². The van der Waals surface area contributed by atoms with E-state index >= 15 is 0 Å². The van der Waals surface area contributed by atoms with Crippen LogP contribution in [0.15, 0.2) is 154 Å². The van der Waals surface area contributed by atoms with Crippen molar-refractivity contribution in [2.24, 2.45) is 9.98 Å². The zero-order valence-electron chi connectivity index (χ0n) is 22.2. The molecule has 41 heavy (non-hydrogen) atoms. The van der Waals surface area contributed by atoms with E-state index in [0.717, 1.165) is 61.4 Å². The maximum atomic E-state index is 6.44. The number of benzene rings is 6. The van der Waals surface area contributed by atoms with Crippen LogP contribution in [0.4, 0.5) is 0 Å². The number of amidine groups is 2. The maximum Gasteiger partial charge on any atom is 0.169 e. The molecule has 6 aromatic carbocycles. The molecule has 0 bridgehead atoms. The molecule has 1 aliphatic heterocycles. The maximum absolute atomic E-state index is 6.44. The Morgan fingerprint density at radius 3 is 2.07 bits per heavy atom. The molecular weight excluding hydrogens is 502 g/mol. The molecule has 0 amide bonds. The summed E-state index contributed by atoms with van der Waals surface area (Å²) in [7, 11) is 0. The molecular formula is C37H25N3O. The SMILES string of the molecule is c1ccc(C2=NC(c3ccccc3)N=C(c3cc(-c4ccc5ccccc5c4)cc4oc5ccccc5c34)N2)cc1. The lowest BCUT2D eigenvalue weighted by atomic mass is 9.96. The Kier molecular flexibility index (Phi) is 5.49. The molecule has 8 rings (SSSR count). The fourth-order valence-corrected chi connectivity index (χ4v) is 5.68. The highest BCUT2D eigenvalue weighted by molar-refractivity contribution is 6.24. The van der Waals surface area contributed by atoms with Crippen molar-refractivity contribution in [2.45, 2.75) is 6.17 Å². The van der Waals surface area contributed by atoms with Crippen LogP contribution in [0.5, 0.6) is 0 Å². The van der Waals surface area contributed by atoms with Crippen molar-refractivity contribution < 1.29 is 4.42 Å². The van der Waals surface area contributed by atoms with Gasteiger partial charge in [0.05, 0.1) is 0 Å². The number of furan rings is 1. The van der Waals surface area contributed by atoms with E-state index in [1.807, 2.05) is 48.5 Å². The van der Waals surface area contributed by atoms with Crippen LogP contribution in [0.1, 0.15) is 22.9 Å². The van der Waals surface area contributed by atoms with Gasteiger partial charge in [0.2, 0.25) is 0 Å². The highest BCUT2D eigenvalue weighted by Gasteiger charge is 2.24. The molecule has 0 spiro atoms. The van der Waals surface area contributed by atoms with Gasteiger partial charge in [-0.2, -0.15) is 0 Å². The summed E-state index contributed by atoms with van der Waals surface area (Å²) in [6, 6.07) is 48.1. The first kappa shape index (κ1) is 23.4. The van der Waals surface area contributed by atoms with E-state index < -0.39 is 0 Å². The van der Waals surface area contributed by atoms with Crippen molar-refractivity contribution in [1.29, 1.82) is 0 Å². The van der Waals surface area contributed by atoms with E-state index in [9.17, 15) is 0 Å². The Morgan fingerprint density at radius 1 is 0.512 bits per heavy atom. The van der Waals surface area contributed by atoms with Crippen LogP contribution in [-0.2, 0) is 0 Å². The van der Waals surface area contributed by atoms with Gasteiger partial charge in [-0.25, -0.2) is 9.98 Å². The van der Waals surface area contributed by atoms with Crippen molar-refractivity contribution in [3.8, 4) is 11.1 Å². The number of hydrogen-bond acceptors (Lipinski definition) is 4. The number of para-hydroxylation sites is 1. The van der Waals surface area contributed by atoms with Crippen molar-refractivity contribution >= 4 is 44.4 Å². The normalized spacial score (nSPS) is 15.1. The minimum absolute atomic E-state index is 0.375. The predicted molar refractivity (Wildman–Crippen MR) is 168 cm³/mol. The van der Waals surface area contributed by atoms with Crippen molar-refractivity contribution in [3.63, 3.8) is 0 Å². The molecule has 4 heteroatoms. The number of fused-ring (bicyclic) bond motifs is 4. The Morgan fingerprint density at radius 2 is 1.22 bits per heavy atom. The van der Waals surface area contributed by atoms with Crippen molar-refractivity contribution in [1.82, 2.24) is 5.32 Å². The highest BCUT2D eigenvalue weighted by Crippen LogP contribution is 2.37. The minimum atomic E-state index is -0.375. The second-order valence-electron chi connectivity index (χ2n) is 10.3. The quantitative estimate of drug-likeness (QED) is 0.248. The predicted octanol–water partition coefficient (Wildman–Crippen LogP) is 8.90. The zero-order chi connectivity index (χ0) is 27.2. The molecule has 1 aromatic heterocycles. The van der Waals surface area contributed by atoms with Gasteiger partial charge in [0.25, 0.3) is 0 Å². The topological polar surface area (TPSA) is 49.9 Å². The molecule has 1 N–H and O–H groups in total. The summed E-state index contributed by atoms with van der Waals surface area (Å²) in [5.41, 5.74) is 6.92. The van der Waals surface area contributed by atoms with Crippen LogP contribution in [0.3, 0.4) is 0 Å². The number of rotatable bonds is 4. The zero-order valence-corrected chi connectivity index (χ0v) is 22.2. The third-order valence-electron chi connectivity index (χ3n) is 7.70. The summed E-state index contributed by atoms with van der Waals surface area (Å²) in [5.74, 6) is 1.56. The first-order valence-corrected chi connectivity index (χ1v) is 13.8. The average Bonchev–Trinajstić information content (AvgIpc) is 3.43. The fourth-order valence-electron chi connectivity index (χ4n) is 5.68. The average molecular weight is 528 g/mol. The molecule has 0 saturated carbocycles. The van der Waals surface area contributed by atoms with Gasteiger partial charge in [-0.15, -0.1) is 0 Å². The smallest absolute Gasteiger partial charge is 0.169 e. The minimum Gasteiger partial charge on any atom is -0.456 e. The van der Waals surface area contributed by atoms with E-state index in [1.165, 1.54) is 10.8 Å². The second kappa shape index (κ2) is 9.61. The molecule has 7 aromatic rings. The fraction of sp³-hybridized carbons (Fsp3) is 0.0270. The molecule has 0 radical (unpaired) electrons. The van der Waals surface area contributed by atoms with E-state index in [1.54, 1.807) is 0 Å². The van der Waals surface area contributed by atoms with Crippen LogP contribution >= 0.6 is 0 Å². The molecule has 2 heterocycles. The van der Waals surface area contributed by atoms with E-state index in [2.05, 4.69) is 96.3 Å². The monoisotopic (exact) mass is 527 g/mol. The molecule has 0 fully saturated rings. The van der Waals surface area contributed by atoms with E-state index in [4.69, 9.17) is 14.4 Å². The third-order valence-corrected chi connectivity index (χ3v) is 7.70. The van der Waals surface area contributed by atoms with Gasteiger partial charge in [0, 0.05) is 21.9 Å². The van der Waals surface area contributed by atoms with Crippen LogP contribution < -0.4 is 5.32 Å². The van der Waals surface area contributed by atoms with Crippen molar-refractivity contribution in [3.05, 3.63) is 156 Å². The molecule has 1 unspecified atom stereocenters. The molecule has 0 aliphatic carbocycles. The lowest BCUT2D eigenvalue weighted by molar-refractivity contribution is 0.669. The number of nitrogens with zero attached hydrogens (tertiary/aromatic N) is 2. The molecule has 1 atom stereocenters.